The minimum Gasteiger partial charge on any atom is -0.377 e. The average Bonchev–Trinajstić information content (AvgIpc) is 3.31. The van der Waals surface area contributed by atoms with Gasteiger partial charge in [0.2, 0.25) is 5.91 Å². The summed E-state index contributed by atoms with van der Waals surface area (Å²) in [6.45, 7) is 0.539. The van der Waals surface area contributed by atoms with Crippen LogP contribution in [-0.4, -0.2) is 76.0 Å². The summed E-state index contributed by atoms with van der Waals surface area (Å²) >= 11 is 0. The lowest BCUT2D eigenvalue weighted by Crippen LogP contribution is -2.45. The molecule has 1 aromatic carbocycles. The number of halogens is 2. The monoisotopic (exact) mass is 458 g/mol. The first-order valence-corrected chi connectivity index (χ1v) is 11.3. The smallest absolute Gasteiger partial charge is 0.282 e. The summed E-state index contributed by atoms with van der Waals surface area (Å²) in [5.41, 5.74) is 1.61. The highest BCUT2D eigenvalue weighted by Crippen LogP contribution is 2.32. The molecule has 3 fully saturated rings. The van der Waals surface area contributed by atoms with Gasteiger partial charge in [0.1, 0.15) is 0 Å². The molecule has 1 saturated carbocycles. The second kappa shape index (κ2) is 7.75. The van der Waals surface area contributed by atoms with Crippen LogP contribution in [0, 0.1) is 5.92 Å². The molecule has 1 aliphatic carbocycles. The van der Waals surface area contributed by atoms with E-state index in [1.165, 1.54) is 9.80 Å². The predicted octanol–water partition coefficient (Wildman–Crippen LogP) is 2.74. The molecule has 2 aliphatic heterocycles. The number of amides is 1. The van der Waals surface area contributed by atoms with Crippen LogP contribution in [0.25, 0.3) is 22.4 Å². The van der Waals surface area contributed by atoms with Crippen molar-refractivity contribution >= 4 is 22.8 Å². The number of benzene rings is 1. The molecular formula is C22H24F2N6O3. The van der Waals surface area contributed by atoms with E-state index in [0.29, 0.717) is 18.8 Å². The van der Waals surface area contributed by atoms with Crippen molar-refractivity contribution in [1.29, 1.82) is 0 Å². The molecule has 6 rings (SSSR count). The van der Waals surface area contributed by atoms with E-state index >= 15 is 0 Å². The van der Waals surface area contributed by atoms with Crippen LogP contribution in [0.1, 0.15) is 25.3 Å². The van der Waals surface area contributed by atoms with Crippen molar-refractivity contribution in [2.24, 2.45) is 5.92 Å². The van der Waals surface area contributed by atoms with E-state index in [1.807, 2.05) is 22.9 Å². The number of alkyl halides is 2. The Bertz CT molecular complexity index is 1190. The fraction of sp³-hybridized carbons (Fsp3) is 0.545. The summed E-state index contributed by atoms with van der Waals surface area (Å²) in [5.74, 6) is -2.99. The van der Waals surface area contributed by atoms with Crippen molar-refractivity contribution in [3.63, 3.8) is 0 Å². The van der Waals surface area contributed by atoms with Gasteiger partial charge in [-0.15, -0.1) is 0 Å². The van der Waals surface area contributed by atoms with E-state index in [4.69, 9.17) is 9.26 Å². The molecule has 2 saturated heterocycles. The third-order valence-corrected chi connectivity index (χ3v) is 6.76. The molecule has 0 unspecified atom stereocenters. The van der Waals surface area contributed by atoms with E-state index in [-0.39, 0.29) is 42.8 Å². The van der Waals surface area contributed by atoms with Crippen LogP contribution in [0.2, 0.25) is 0 Å². The van der Waals surface area contributed by atoms with Gasteiger partial charge in [0, 0.05) is 30.0 Å². The fourth-order valence-electron chi connectivity index (χ4n) is 4.57. The summed E-state index contributed by atoms with van der Waals surface area (Å²) < 4.78 is 42.0. The van der Waals surface area contributed by atoms with E-state index in [2.05, 4.69) is 15.2 Å². The van der Waals surface area contributed by atoms with Crippen LogP contribution in [0.15, 0.2) is 28.9 Å². The third-order valence-electron chi connectivity index (χ3n) is 6.76. The number of ether oxygens (including phenoxy) is 1. The Hall–Kier alpha value is -3.08. The molecule has 3 aliphatic rings. The number of carbonyl (C=O) groups excluding carboxylic acids is 1. The van der Waals surface area contributed by atoms with Gasteiger partial charge in [-0.2, -0.15) is 10.1 Å². The highest BCUT2D eigenvalue weighted by molar-refractivity contribution is 5.83. The normalized spacial score (nSPS) is 21.6. The Balaban J connectivity index is 1.23. The van der Waals surface area contributed by atoms with Crippen molar-refractivity contribution < 1.29 is 22.8 Å². The van der Waals surface area contributed by atoms with E-state index in [0.717, 1.165) is 30.2 Å². The molecule has 9 nitrogen and oxygen atoms in total. The van der Waals surface area contributed by atoms with Gasteiger partial charge in [-0.05, 0) is 30.1 Å². The molecule has 11 heteroatoms. The van der Waals surface area contributed by atoms with Crippen LogP contribution >= 0.6 is 0 Å². The van der Waals surface area contributed by atoms with Gasteiger partial charge in [-0.25, -0.2) is 8.78 Å². The van der Waals surface area contributed by atoms with Gasteiger partial charge in [0.25, 0.3) is 17.8 Å². The van der Waals surface area contributed by atoms with Crippen LogP contribution < -0.4 is 4.90 Å². The molecule has 0 atom stereocenters. The lowest BCUT2D eigenvalue weighted by atomic mass is 9.84. The van der Waals surface area contributed by atoms with Gasteiger partial charge >= 0.3 is 0 Å². The molecule has 0 N–H and O–H groups in total. The maximum Gasteiger partial charge on any atom is 0.282 e. The van der Waals surface area contributed by atoms with Gasteiger partial charge in [0.05, 0.1) is 44.1 Å². The van der Waals surface area contributed by atoms with Crippen molar-refractivity contribution in [2.45, 2.75) is 31.2 Å². The molecule has 174 valence electrons. The fourth-order valence-corrected chi connectivity index (χ4v) is 4.57. The Morgan fingerprint density at radius 2 is 2.00 bits per heavy atom. The van der Waals surface area contributed by atoms with Crippen molar-refractivity contribution in [3.05, 3.63) is 24.4 Å². The zero-order chi connectivity index (χ0) is 22.6. The third kappa shape index (κ3) is 3.73. The molecule has 0 bridgehead atoms. The maximum atomic E-state index is 14.7. The van der Waals surface area contributed by atoms with Crippen LogP contribution in [-0.2, 0) is 9.53 Å². The van der Waals surface area contributed by atoms with Gasteiger partial charge in [-0.1, -0.05) is 12.5 Å². The number of hydrogen-bond donors (Lipinski definition) is 0. The average molecular weight is 458 g/mol. The first-order valence-electron chi connectivity index (χ1n) is 11.3. The molecule has 0 radical (unpaired) electrons. The quantitative estimate of drug-likeness (QED) is 0.594. The summed E-state index contributed by atoms with van der Waals surface area (Å²) in [4.78, 5) is 19.6. The highest BCUT2D eigenvalue weighted by Gasteiger charge is 2.42. The number of hydrogen-bond acceptors (Lipinski definition) is 7. The van der Waals surface area contributed by atoms with E-state index in [1.54, 1.807) is 6.20 Å². The Labute approximate surface area is 188 Å². The second-order valence-corrected chi connectivity index (χ2v) is 9.12. The first kappa shape index (κ1) is 20.5. The second-order valence-electron chi connectivity index (χ2n) is 9.12. The Kier molecular flexibility index (Phi) is 4.82. The van der Waals surface area contributed by atoms with Gasteiger partial charge < -0.3 is 19.1 Å². The minimum absolute atomic E-state index is 0.101. The standard InChI is InChI=1S/C22H24F2N6O3/c23-22(24)12-28(20(31)14-2-1-3-14)6-7-29(13-22)21-26-19(33-27-21)15-4-5-16-9-25-30(18(16)8-15)17-10-32-11-17/h4-5,8-9,14,17H,1-3,6-7,10-13H2. The molecular weight excluding hydrogens is 434 g/mol. The van der Waals surface area contributed by atoms with Crippen molar-refractivity contribution in [2.75, 3.05) is 44.3 Å². The summed E-state index contributed by atoms with van der Waals surface area (Å²) in [5, 5.41) is 9.40. The van der Waals surface area contributed by atoms with Gasteiger partial charge in [-0.3, -0.25) is 9.48 Å². The molecule has 1 amide bonds. The lowest BCUT2D eigenvalue weighted by Gasteiger charge is -2.31. The van der Waals surface area contributed by atoms with E-state index in [9.17, 15) is 13.6 Å². The highest BCUT2D eigenvalue weighted by atomic mass is 19.3. The largest absolute Gasteiger partial charge is 0.377 e. The van der Waals surface area contributed by atoms with Gasteiger partial charge in [0.15, 0.2) is 0 Å². The molecule has 0 spiro atoms. The zero-order valence-electron chi connectivity index (χ0n) is 18.0. The Morgan fingerprint density at radius 1 is 1.15 bits per heavy atom. The number of anilines is 1. The number of aromatic nitrogens is 4. The minimum atomic E-state index is -3.06. The number of nitrogens with zero attached hydrogens (tertiary/aromatic N) is 6. The van der Waals surface area contributed by atoms with Crippen LogP contribution in [0.3, 0.4) is 0 Å². The summed E-state index contributed by atoms with van der Waals surface area (Å²) in [7, 11) is 0. The first-order chi connectivity index (χ1) is 16.0. The topological polar surface area (TPSA) is 89.5 Å². The number of rotatable bonds is 4. The summed E-state index contributed by atoms with van der Waals surface area (Å²) in [6.07, 6.45) is 4.36. The predicted molar refractivity (Wildman–Crippen MR) is 114 cm³/mol. The molecule has 33 heavy (non-hydrogen) atoms. The number of fused-ring (bicyclic) bond motifs is 1. The van der Waals surface area contributed by atoms with Crippen molar-refractivity contribution in [3.8, 4) is 11.5 Å². The maximum absolute atomic E-state index is 14.7. The van der Waals surface area contributed by atoms with E-state index < -0.39 is 19.0 Å². The number of carbonyl (C=O) groups is 1. The zero-order valence-corrected chi connectivity index (χ0v) is 18.0. The SMILES string of the molecule is O=C(C1CCC1)N1CCN(c2noc(-c3ccc4cnn(C5COC5)c4c3)n2)CC(F)(F)C1. The molecule has 2 aromatic heterocycles. The van der Waals surface area contributed by atoms with Crippen molar-refractivity contribution in [1.82, 2.24) is 24.8 Å². The molecule has 4 heterocycles. The Morgan fingerprint density at radius 3 is 2.73 bits per heavy atom. The van der Waals surface area contributed by atoms with Crippen LogP contribution in [0.5, 0.6) is 0 Å². The molecule has 3 aromatic rings. The lowest BCUT2D eigenvalue weighted by molar-refractivity contribution is -0.142. The summed E-state index contributed by atoms with van der Waals surface area (Å²) in [6, 6.07) is 5.87. The van der Waals surface area contributed by atoms with Crippen LogP contribution in [0.4, 0.5) is 14.7 Å².